The minimum absolute atomic E-state index is 0.120. The molecule has 7 nitrogen and oxygen atoms in total. The number of amides is 3. The third-order valence-electron chi connectivity index (χ3n) is 2.94. The molecule has 23 heavy (non-hydrogen) atoms. The van der Waals surface area contributed by atoms with Crippen LogP contribution in [0.3, 0.4) is 0 Å². The second-order valence-electron chi connectivity index (χ2n) is 4.75. The van der Waals surface area contributed by atoms with E-state index in [0.29, 0.717) is 17.8 Å². The Morgan fingerprint density at radius 3 is 2.30 bits per heavy atom. The van der Waals surface area contributed by atoms with Gasteiger partial charge in [0.1, 0.15) is 5.69 Å². The van der Waals surface area contributed by atoms with Gasteiger partial charge in [-0.3, -0.25) is 25.2 Å². The third-order valence-corrected chi connectivity index (χ3v) is 3.40. The number of hydrazine groups is 1. The second-order valence-corrected chi connectivity index (χ2v) is 5.66. The Kier molecular flexibility index (Phi) is 5.53. The summed E-state index contributed by atoms with van der Waals surface area (Å²) in [6.07, 6.45) is 1.62. The topological polar surface area (TPSA) is 103 Å². The highest BCUT2D eigenvalue weighted by Gasteiger charge is 2.10. The molecule has 0 saturated heterocycles. The highest BCUT2D eigenvalue weighted by atomic mass is 79.9. The van der Waals surface area contributed by atoms with Crippen LogP contribution in [0.25, 0.3) is 0 Å². The Morgan fingerprint density at radius 1 is 1.09 bits per heavy atom. The van der Waals surface area contributed by atoms with Crippen molar-refractivity contribution < 1.29 is 14.4 Å². The first-order chi connectivity index (χ1) is 11.0. The van der Waals surface area contributed by atoms with Gasteiger partial charge in [0.05, 0.1) is 0 Å². The van der Waals surface area contributed by atoms with Crippen molar-refractivity contribution in [1.82, 2.24) is 21.2 Å². The first-order valence-electron chi connectivity index (χ1n) is 6.73. The fraction of sp³-hybridized carbons (Fsp3) is 0.133. The molecule has 0 atom stereocenters. The fourth-order valence-corrected chi connectivity index (χ4v) is 2.10. The average molecular weight is 379 g/mol. The van der Waals surface area contributed by atoms with Gasteiger partial charge >= 0.3 is 0 Å². The third kappa shape index (κ3) is 4.96. The van der Waals surface area contributed by atoms with E-state index in [1.54, 1.807) is 36.5 Å². The van der Waals surface area contributed by atoms with Gasteiger partial charge in [-0.2, -0.15) is 0 Å². The highest BCUT2D eigenvalue weighted by molar-refractivity contribution is 9.10. The van der Waals surface area contributed by atoms with Crippen molar-refractivity contribution in [1.29, 1.82) is 0 Å². The molecular weight excluding hydrogens is 364 g/mol. The lowest BCUT2D eigenvalue weighted by molar-refractivity contribution is -0.119. The zero-order valence-electron chi connectivity index (χ0n) is 12.3. The molecule has 1 aromatic carbocycles. The summed E-state index contributed by atoms with van der Waals surface area (Å²) in [5.74, 6) is -1.01. The first-order valence-corrected chi connectivity index (χ1v) is 7.53. The van der Waals surface area contributed by atoms with E-state index in [4.69, 9.17) is 0 Å². The molecule has 0 aliphatic rings. The molecule has 0 saturated carbocycles. The van der Waals surface area contributed by atoms with Crippen LogP contribution in [0, 0.1) is 0 Å². The van der Waals surface area contributed by atoms with Crippen LogP contribution >= 0.6 is 15.9 Å². The van der Waals surface area contributed by atoms with E-state index in [-0.39, 0.29) is 5.91 Å². The lowest BCUT2D eigenvalue weighted by Gasteiger charge is -2.07. The standard InChI is InChI=1S/C15H15BrN4O3/c1-9(21)17-7-10-2-4-11(5-3-10)14(22)19-20-15(23)13-6-12(16)8-18-13/h2-6,8,18H,7H2,1H3,(H,17,21)(H,19,22)(H,20,23). The molecule has 0 unspecified atom stereocenters. The Hall–Kier alpha value is -2.61. The molecule has 0 aliphatic heterocycles. The van der Waals surface area contributed by atoms with Crippen LogP contribution in [0.4, 0.5) is 0 Å². The molecule has 0 spiro atoms. The number of carbonyl (C=O) groups is 3. The van der Waals surface area contributed by atoms with Gasteiger partial charge < -0.3 is 10.3 Å². The summed E-state index contributed by atoms with van der Waals surface area (Å²) < 4.78 is 0.740. The number of hydrogen-bond donors (Lipinski definition) is 4. The van der Waals surface area contributed by atoms with Gasteiger partial charge in [-0.1, -0.05) is 12.1 Å². The number of hydrogen-bond acceptors (Lipinski definition) is 3. The summed E-state index contributed by atoms with van der Waals surface area (Å²) in [5.41, 5.74) is 6.24. The maximum atomic E-state index is 11.9. The van der Waals surface area contributed by atoms with E-state index >= 15 is 0 Å². The zero-order valence-corrected chi connectivity index (χ0v) is 13.9. The Bertz CT molecular complexity index is 725. The number of nitrogens with one attached hydrogen (secondary N) is 4. The summed E-state index contributed by atoms with van der Waals surface area (Å²) >= 11 is 3.22. The lowest BCUT2D eigenvalue weighted by Crippen LogP contribution is -2.41. The number of carbonyl (C=O) groups excluding carboxylic acids is 3. The molecule has 120 valence electrons. The van der Waals surface area contributed by atoms with Gasteiger partial charge in [-0.05, 0) is 39.7 Å². The van der Waals surface area contributed by atoms with Gasteiger partial charge in [0, 0.05) is 29.7 Å². The minimum atomic E-state index is -0.452. The molecule has 8 heteroatoms. The maximum Gasteiger partial charge on any atom is 0.286 e. The minimum Gasteiger partial charge on any atom is -0.356 e. The molecule has 0 bridgehead atoms. The Labute approximate surface area is 140 Å². The van der Waals surface area contributed by atoms with Crippen molar-refractivity contribution in [3.63, 3.8) is 0 Å². The van der Waals surface area contributed by atoms with Crippen molar-refractivity contribution in [2.45, 2.75) is 13.5 Å². The monoisotopic (exact) mass is 378 g/mol. The largest absolute Gasteiger partial charge is 0.356 e. The predicted molar refractivity (Wildman–Crippen MR) is 87.4 cm³/mol. The van der Waals surface area contributed by atoms with Crippen LogP contribution in [-0.2, 0) is 11.3 Å². The predicted octanol–water partition coefficient (Wildman–Crippen LogP) is 1.49. The van der Waals surface area contributed by atoms with Crippen molar-refractivity contribution in [3.8, 4) is 0 Å². The van der Waals surface area contributed by atoms with E-state index in [1.165, 1.54) is 6.92 Å². The fourth-order valence-electron chi connectivity index (χ4n) is 1.75. The SMILES string of the molecule is CC(=O)NCc1ccc(C(=O)NNC(=O)c2cc(Br)c[nH]2)cc1. The van der Waals surface area contributed by atoms with E-state index in [9.17, 15) is 14.4 Å². The maximum absolute atomic E-state index is 11.9. The van der Waals surface area contributed by atoms with Crippen molar-refractivity contribution in [3.05, 3.63) is 57.8 Å². The van der Waals surface area contributed by atoms with Gasteiger partial charge in [-0.15, -0.1) is 0 Å². The molecule has 3 amide bonds. The smallest absolute Gasteiger partial charge is 0.286 e. The van der Waals surface area contributed by atoms with Crippen LogP contribution in [0.15, 0.2) is 41.0 Å². The number of rotatable bonds is 4. The van der Waals surface area contributed by atoms with Crippen molar-refractivity contribution in [2.24, 2.45) is 0 Å². The summed E-state index contributed by atoms with van der Waals surface area (Å²) in [7, 11) is 0. The molecule has 4 N–H and O–H groups in total. The molecule has 0 radical (unpaired) electrons. The molecule has 0 fully saturated rings. The Morgan fingerprint density at radius 2 is 1.74 bits per heavy atom. The average Bonchev–Trinajstić information content (AvgIpc) is 2.97. The zero-order chi connectivity index (χ0) is 16.8. The van der Waals surface area contributed by atoms with Crippen LogP contribution in [-0.4, -0.2) is 22.7 Å². The lowest BCUT2D eigenvalue weighted by atomic mass is 10.1. The Balaban J connectivity index is 1.88. The van der Waals surface area contributed by atoms with E-state index in [0.717, 1.165) is 10.0 Å². The molecule has 1 heterocycles. The molecule has 2 rings (SSSR count). The second kappa shape index (κ2) is 7.59. The van der Waals surface area contributed by atoms with E-state index < -0.39 is 11.8 Å². The number of benzene rings is 1. The molecule has 1 aromatic heterocycles. The number of aromatic amines is 1. The van der Waals surface area contributed by atoms with Gasteiger partial charge in [-0.25, -0.2) is 0 Å². The van der Waals surface area contributed by atoms with E-state index in [1.807, 2.05) is 0 Å². The summed E-state index contributed by atoms with van der Waals surface area (Å²) in [6.45, 7) is 1.84. The summed E-state index contributed by atoms with van der Waals surface area (Å²) in [6, 6.07) is 8.29. The van der Waals surface area contributed by atoms with Crippen LogP contribution in [0.1, 0.15) is 33.3 Å². The van der Waals surface area contributed by atoms with Crippen LogP contribution in [0.2, 0.25) is 0 Å². The number of aromatic nitrogens is 1. The summed E-state index contributed by atoms with van der Waals surface area (Å²) in [4.78, 5) is 37.3. The summed E-state index contributed by atoms with van der Waals surface area (Å²) in [5, 5.41) is 2.67. The van der Waals surface area contributed by atoms with E-state index in [2.05, 4.69) is 37.1 Å². The normalized spacial score (nSPS) is 10.0. The van der Waals surface area contributed by atoms with Gasteiger partial charge in [0.25, 0.3) is 11.8 Å². The van der Waals surface area contributed by atoms with Crippen molar-refractivity contribution >= 4 is 33.7 Å². The van der Waals surface area contributed by atoms with Crippen LogP contribution in [0.5, 0.6) is 0 Å². The first kappa shape index (κ1) is 16.8. The quantitative estimate of drug-likeness (QED) is 0.605. The molecule has 0 aliphatic carbocycles. The highest BCUT2D eigenvalue weighted by Crippen LogP contribution is 2.10. The number of halogens is 1. The van der Waals surface area contributed by atoms with Crippen LogP contribution < -0.4 is 16.2 Å². The van der Waals surface area contributed by atoms with Gasteiger partial charge in [0.2, 0.25) is 5.91 Å². The molecular formula is C15H15BrN4O3. The van der Waals surface area contributed by atoms with Crippen molar-refractivity contribution in [2.75, 3.05) is 0 Å². The van der Waals surface area contributed by atoms with Gasteiger partial charge in [0.15, 0.2) is 0 Å². The number of H-pyrrole nitrogens is 1. The molecule has 2 aromatic rings.